The number of thioether (sulfide) groups is 1. The van der Waals surface area contributed by atoms with E-state index in [4.69, 9.17) is 27.9 Å². The lowest BCUT2D eigenvalue weighted by molar-refractivity contribution is -0.148. The zero-order valence-electron chi connectivity index (χ0n) is 12.2. The third-order valence-corrected chi connectivity index (χ3v) is 5.34. The Morgan fingerprint density at radius 3 is 2.64 bits per heavy atom. The second-order valence-corrected chi connectivity index (χ2v) is 6.90. The van der Waals surface area contributed by atoms with E-state index < -0.39 is 0 Å². The Morgan fingerprint density at radius 1 is 1.32 bits per heavy atom. The minimum Gasteiger partial charge on any atom is -0.469 e. The molecule has 4 nitrogen and oxygen atoms in total. The molecule has 7 heteroatoms. The number of piperidine rings is 1. The third-order valence-electron chi connectivity index (χ3n) is 3.63. The molecule has 0 bridgehead atoms. The zero-order chi connectivity index (χ0) is 16.1. The molecule has 0 saturated carbocycles. The van der Waals surface area contributed by atoms with Crippen molar-refractivity contribution < 1.29 is 14.3 Å². The van der Waals surface area contributed by atoms with Crippen molar-refractivity contribution in [2.45, 2.75) is 17.7 Å². The molecule has 1 amide bonds. The number of carbonyl (C=O) groups is 2. The average Bonchev–Trinajstić information content (AvgIpc) is 2.54. The number of halogens is 2. The van der Waals surface area contributed by atoms with E-state index in [1.54, 1.807) is 23.1 Å². The topological polar surface area (TPSA) is 46.6 Å². The Hall–Kier alpha value is -0.910. The van der Waals surface area contributed by atoms with Crippen molar-refractivity contribution in [3.8, 4) is 0 Å². The fourth-order valence-corrected chi connectivity index (χ4v) is 3.75. The molecule has 2 rings (SSSR count). The van der Waals surface area contributed by atoms with Crippen molar-refractivity contribution in [2.24, 2.45) is 5.92 Å². The Bertz CT molecular complexity index is 560. The van der Waals surface area contributed by atoms with Crippen LogP contribution in [0.5, 0.6) is 0 Å². The summed E-state index contributed by atoms with van der Waals surface area (Å²) in [6.45, 7) is 1.17. The first-order valence-electron chi connectivity index (χ1n) is 6.94. The molecular weight excluding hydrogens is 345 g/mol. The lowest BCUT2D eigenvalue weighted by atomic mass is 9.97. The van der Waals surface area contributed by atoms with Crippen LogP contribution in [0, 0.1) is 5.92 Å². The average molecular weight is 362 g/mol. The second-order valence-electron chi connectivity index (χ2n) is 5.04. The van der Waals surface area contributed by atoms with Gasteiger partial charge in [-0.1, -0.05) is 23.2 Å². The maximum Gasteiger partial charge on any atom is 0.308 e. The predicted octanol–water partition coefficient (Wildman–Crippen LogP) is 3.50. The minimum atomic E-state index is -0.188. The van der Waals surface area contributed by atoms with Gasteiger partial charge in [-0.15, -0.1) is 11.8 Å². The summed E-state index contributed by atoms with van der Waals surface area (Å²) in [5, 5.41) is 1.19. The molecule has 22 heavy (non-hydrogen) atoms. The molecule has 120 valence electrons. The molecule has 1 aromatic rings. The normalized spacial score (nSPS) is 15.7. The van der Waals surface area contributed by atoms with Crippen LogP contribution in [-0.4, -0.2) is 42.7 Å². The fourth-order valence-electron chi connectivity index (χ4n) is 2.35. The van der Waals surface area contributed by atoms with Gasteiger partial charge in [0.05, 0.1) is 23.8 Å². The van der Waals surface area contributed by atoms with Gasteiger partial charge >= 0.3 is 5.97 Å². The Kier molecular flexibility index (Phi) is 6.41. The summed E-state index contributed by atoms with van der Waals surface area (Å²) in [6, 6.07) is 5.19. The van der Waals surface area contributed by atoms with Crippen LogP contribution in [0.15, 0.2) is 23.1 Å². The van der Waals surface area contributed by atoms with Gasteiger partial charge in [0.2, 0.25) is 5.91 Å². The molecule has 1 aliphatic heterocycles. The Morgan fingerprint density at radius 2 is 2.00 bits per heavy atom. The van der Waals surface area contributed by atoms with Gasteiger partial charge in [0.25, 0.3) is 0 Å². The van der Waals surface area contributed by atoms with E-state index in [1.165, 1.54) is 18.9 Å². The van der Waals surface area contributed by atoms with Crippen molar-refractivity contribution in [2.75, 3.05) is 26.0 Å². The van der Waals surface area contributed by atoms with Crippen LogP contribution in [-0.2, 0) is 14.3 Å². The van der Waals surface area contributed by atoms with Crippen molar-refractivity contribution in [3.63, 3.8) is 0 Å². The summed E-state index contributed by atoms with van der Waals surface area (Å²) in [5.41, 5.74) is 0. The largest absolute Gasteiger partial charge is 0.469 e. The van der Waals surface area contributed by atoms with Gasteiger partial charge in [0, 0.05) is 23.0 Å². The summed E-state index contributed by atoms with van der Waals surface area (Å²) in [6.07, 6.45) is 1.31. The Labute approximate surface area is 144 Å². The number of methoxy groups -OCH3 is 1. The number of rotatable bonds is 4. The highest BCUT2D eigenvalue weighted by atomic mass is 35.5. The number of carbonyl (C=O) groups excluding carboxylic acids is 2. The number of esters is 1. The number of hydrogen-bond acceptors (Lipinski definition) is 4. The molecule has 0 unspecified atom stereocenters. The predicted molar refractivity (Wildman–Crippen MR) is 88.5 cm³/mol. The Balaban J connectivity index is 1.83. The highest BCUT2D eigenvalue weighted by molar-refractivity contribution is 8.00. The molecule has 0 atom stereocenters. The van der Waals surface area contributed by atoms with E-state index >= 15 is 0 Å². The number of ether oxygens (including phenoxy) is 1. The molecular formula is C15H17Cl2NO3S. The van der Waals surface area contributed by atoms with Crippen LogP contribution in [0.3, 0.4) is 0 Å². The van der Waals surface area contributed by atoms with Crippen LogP contribution >= 0.6 is 35.0 Å². The maximum atomic E-state index is 12.2. The lowest BCUT2D eigenvalue weighted by Gasteiger charge is -2.30. The highest BCUT2D eigenvalue weighted by Gasteiger charge is 2.27. The van der Waals surface area contributed by atoms with Crippen LogP contribution in [0.25, 0.3) is 0 Å². The van der Waals surface area contributed by atoms with Crippen molar-refractivity contribution >= 4 is 46.8 Å². The number of likely N-dealkylation sites (tertiary alicyclic amines) is 1. The molecule has 1 aliphatic rings. The van der Waals surface area contributed by atoms with Gasteiger partial charge < -0.3 is 9.64 Å². The van der Waals surface area contributed by atoms with Crippen molar-refractivity contribution in [3.05, 3.63) is 28.2 Å². The fraction of sp³-hybridized carbons (Fsp3) is 0.467. The number of benzene rings is 1. The van der Waals surface area contributed by atoms with Gasteiger partial charge in [-0.2, -0.15) is 0 Å². The summed E-state index contributed by atoms with van der Waals surface area (Å²) >= 11 is 13.4. The molecule has 0 radical (unpaired) electrons. The van der Waals surface area contributed by atoms with Gasteiger partial charge in [-0.25, -0.2) is 0 Å². The quantitative estimate of drug-likeness (QED) is 0.608. The standard InChI is InChI=1S/C15H17Cl2NO3S/c1-21-15(20)10-4-6-18(7-5-10)14(19)9-22-13-8-11(16)2-3-12(13)17/h2-3,8,10H,4-7,9H2,1H3. The molecule has 0 N–H and O–H groups in total. The summed E-state index contributed by atoms with van der Waals surface area (Å²) in [7, 11) is 1.39. The van der Waals surface area contributed by atoms with Gasteiger partial charge in [0.15, 0.2) is 0 Å². The van der Waals surface area contributed by atoms with Gasteiger partial charge in [-0.3, -0.25) is 9.59 Å². The second kappa shape index (κ2) is 8.09. The van der Waals surface area contributed by atoms with Crippen molar-refractivity contribution in [1.82, 2.24) is 4.90 Å². The summed E-state index contributed by atoms with van der Waals surface area (Å²) in [5.74, 6) is 0.0729. The van der Waals surface area contributed by atoms with E-state index in [0.717, 1.165) is 4.90 Å². The van der Waals surface area contributed by atoms with Crippen LogP contribution in [0.2, 0.25) is 10.0 Å². The van der Waals surface area contributed by atoms with E-state index in [2.05, 4.69) is 0 Å². The van der Waals surface area contributed by atoms with Crippen LogP contribution in [0.4, 0.5) is 0 Å². The molecule has 1 heterocycles. The van der Waals surface area contributed by atoms with E-state index in [1.807, 2.05) is 0 Å². The van der Waals surface area contributed by atoms with E-state index in [-0.39, 0.29) is 17.8 Å². The summed E-state index contributed by atoms with van der Waals surface area (Å²) in [4.78, 5) is 26.3. The van der Waals surface area contributed by atoms with E-state index in [9.17, 15) is 9.59 Å². The van der Waals surface area contributed by atoms with Crippen LogP contribution < -0.4 is 0 Å². The van der Waals surface area contributed by atoms with Crippen molar-refractivity contribution in [1.29, 1.82) is 0 Å². The van der Waals surface area contributed by atoms with E-state index in [0.29, 0.717) is 41.7 Å². The monoisotopic (exact) mass is 361 g/mol. The summed E-state index contributed by atoms with van der Waals surface area (Å²) < 4.78 is 4.74. The SMILES string of the molecule is COC(=O)C1CCN(C(=O)CSc2cc(Cl)ccc2Cl)CC1. The first kappa shape index (κ1) is 17.4. The van der Waals surface area contributed by atoms with Gasteiger partial charge in [-0.05, 0) is 31.0 Å². The third kappa shape index (κ3) is 4.54. The molecule has 0 aromatic heterocycles. The molecule has 0 aliphatic carbocycles. The zero-order valence-corrected chi connectivity index (χ0v) is 14.5. The molecule has 0 spiro atoms. The van der Waals surface area contributed by atoms with Gasteiger partial charge in [0.1, 0.15) is 0 Å². The number of hydrogen-bond donors (Lipinski definition) is 0. The van der Waals surface area contributed by atoms with Crippen LogP contribution in [0.1, 0.15) is 12.8 Å². The number of amides is 1. The number of nitrogens with zero attached hydrogens (tertiary/aromatic N) is 1. The minimum absolute atomic E-state index is 0.0457. The lowest BCUT2D eigenvalue weighted by Crippen LogP contribution is -2.41. The maximum absolute atomic E-state index is 12.2. The smallest absolute Gasteiger partial charge is 0.308 e. The highest BCUT2D eigenvalue weighted by Crippen LogP contribution is 2.30. The first-order chi connectivity index (χ1) is 10.5. The molecule has 1 saturated heterocycles. The molecule has 1 fully saturated rings. The first-order valence-corrected chi connectivity index (χ1v) is 8.69. The molecule has 1 aromatic carbocycles.